The van der Waals surface area contributed by atoms with E-state index in [-0.39, 0.29) is 12.2 Å². The van der Waals surface area contributed by atoms with E-state index in [0.29, 0.717) is 13.2 Å². The molecule has 0 bridgehead atoms. The topological polar surface area (TPSA) is 21.3 Å². The van der Waals surface area contributed by atoms with Gasteiger partial charge in [-0.2, -0.15) is 13.2 Å². The summed E-state index contributed by atoms with van der Waals surface area (Å²) in [5, 5.41) is 2.92. The van der Waals surface area contributed by atoms with Crippen LogP contribution in [0.2, 0.25) is 0 Å². The van der Waals surface area contributed by atoms with Gasteiger partial charge in [-0.25, -0.2) is 4.39 Å². The second kappa shape index (κ2) is 4.62. The molecule has 1 aliphatic rings. The van der Waals surface area contributed by atoms with Crippen LogP contribution in [0.25, 0.3) is 0 Å². The summed E-state index contributed by atoms with van der Waals surface area (Å²) in [6.45, 7) is 1.16. The minimum absolute atomic E-state index is 0.000440. The molecule has 1 fully saturated rings. The van der Waals surface area contributed by atoms with Gasteiger partial charge in [-0.1, -0.05) is 12.1 Å². The average molecular weight is 249 g/mol. The van der Waals surface area contributed by atoms with Gasteiger partial charge in [0.1, 0.15) is 5.82 Å². The van der Waals surface area contributed by atoms with E-state index in [2.05, 4.69) is 5.32 Å². The SMILES string of the molecule is Fc1c(C2COCCN2)cccc1C(F)(F)F. The summed E-state index contributed by atoms with van der Waals surface area (Å²) in [5.41, 5.74) is -1.23. The first-order valence-electron chi connectivity index (χ1n) is 5.17. The molecule has 0 amide bonds. The highest BCUT2D eigenvalue weighted by Crippen LogP contribution is 2.34. The summed E-state index contributed by atoms with van der Waals surface area (Å²) in [6.07, 6.45) is -4.67. The molecule has 0 saturated carbocycles. The highest BCUT2D eigenvalue weighted by atomic mass is 19.4. The van der Waals surface area contributed by atoms with Gasteiger partial charge in [-0.3, -0.25) is 0 Å². The Hall–Kier alpha value is -1.14. The van der Waals surface area contributed by atoms with Crippen molar-refractivity contribution in [2.45, 2.75) is 12.2 Å². The Kier molecular flexibility index (Phi) is 3.35. The van der Waals surface area contributed by atoms with Crippen LogP contribution in [-0.2, 0) is 10.9 Å². The molecule has 1 aliphatic heterocycles. The van der Waals surface area contributed by atoms with Gasteiger partial charge in [0, 0.05) is 12.1 Å². The highest BCUT2D eigenvalue weighted by molar-refractivity contribution is 5.30. The van der Waals surface area contributed by atoms with Crippen LogP contribution in [0.1, 0.15) is 17.2 Å². The minimum Gasteiger partial charge on any atom is -0.378 e. The predicted octanol–water partition coefficient (Wildman–Crippen LogP) is 2.51. The van der Waals surface area contributed by atoms with Crippen molar-refractivity contribution in [3.05, 3.63) is 35.1 Å². The summed E-state index contributed by atoms with van der Waals surface area (Å²) in [4.78, 5) is 0. The van der Waals surface area contributed by atoms with Crippen LogP contribution in [0.15, 0.2) is 18.2 Å². The van der Waals surface area contributed by atoms with Gasteiger partial charge in [-0.15, -0.1) is 0 Å². The fourth-order valence-electron chi connectivity index (χ4n) is 1.80. The molecule has 2 nitrogen and oxygen atoms in total. The third kappa shape index (κ3) is 2.58. The summed E-state index contributed by atoms with van der Waals surface area (Å²) >= 11 is 0. The third-order valence-electron chi connectivity index (χ3n) is 2.63. The number of rotatable bonds is 1. The van der Waals surface area contributed by atoms with Crippen LogP contribution in [-0.4, -0.2) is 19.8 Å². The normalized spacial score (nSPS) is 21.5. The molecule has 0 radical (unpaired) electrons. The summed E-state index contributed by atoms with van der Waals surface area (Å²) in [6, 6.07) is 2.77. The number of halogens is 4. The summed E-state index contributed by atoms with van der Waals surface area (Å²) in [7, 11) is 0. The number of alkyl halides is 3. The average Bonchev–Trinajstić information content (AvgIpc) is 2.29. The lowest BCUT2D eigenvalue weighted by Gasteiger charge is -2.25. The number of morpholine rings is 1. The Morgan fingerprint density at radius 2 is 2.06 bits per heavy atom. The molecule has 94 valence electrons. The van der Waals surface area contributed by atoms with Crippen molar-refractivity contribution in [3.63, 3.8) is 0 Å². The Balaban J connectivity index is 2.35. The lowest BCUT2D eigenvalue weighted by atomic mass is 10.0. The number of nitrogens with one attached hydrogen (secondary N) is 1. The van der Waals surface area contributed by atoms with Crippen LogP contribution < -0.4 is 5.32 Å². The first-order chi connectivity index (χ1) is 8.00. The van der Waals surface area contributed by atoms with Crippen molar-refractivity contribution in [2.24, 2.45) is 0 Å². The lowest BCUT2D eigenvalue weighted by Crippen LogP contribution is -2.35. The molecule has 1 atom stereocenters. The summed E-state index contributed by atoms with van der Waals surface area (Å²) < 4.78 is 56.4. The zero-order valence-electron chi connectivity index (χ0n) is 8.85. The molecule has 2 rings (SSSR count). The van der Waals surface area contributed by atoms with Crippen molar-refractivity contribution in [2.75, 3.05) is 19.8 Å². The van der Waals surface area contributed by atoms with Crippen molar-refractivity contribution in [1.82, 2.24) is 5.32 Å². The molecule has 0 aliphatic carbocycles. The number of benzene rings is 1. The van der Waals surface area contributed by atoms with Crippen LogP contribution in [0.5, 0.6) is 0 Å². The molecular weight excluding hydrogens is 238 g/mol. The maximum absolute atomic E-state index is 13.7. The first kappa shape index (κ1) is 12.3. The van der Waals surface area contributed by atoms with Crippen molar-refractivity contribution < 1.29 is 22.3 Å². The van der Waals surface area contributed by atoms with Crippen LogP contribution >= 0.6 is 0 Å². The van der Waals surface area contributed by atoms with Gasteiger partial charge in [0.2, 0.25) is 0 Å². The Labute approximate surface area is 95.6 Å². The number of hydrogen-bond donors (Lipinski definition) is 1. The molecular formula is C11H11F4NO. The quantitative estimate of drug-likeness (QED) is 0.772. The Morgan fingerprint density at radius 3 is 2.65 bits per heavy atom. The largest absolute Gasteiger partial charge is 0.419 e. The molecule has 1 unspecified atom stereocenters. The van der Waals surface area contributed by atoms with Crippen molar-refractivity contribution in [1.29, 1.82) is 0 Å². The standard InChI is InChI=1S/C11H11F4NO/c12-10-7(9-6-17-5-4-16-9)2-1-3-8(10)11(13,14)15/h1-3,9,16H,4-6H2. The van der Waals surface area contributed by atoms with E-state index in [9.17, 15) is 17.6 Å². The fraction of sp³-hybridized carbons (Fsp3) is 0.455. The van der Waals surface area contributed by atoms with Crippen molar-refractivity contribution in [3.8, 4) is 0 Å². The highest BCUT2D eigenvalue weighted by Gasteiger charge is 2.35. The minimum atomic E-state index is -4.67. The molecule has 0 spiro atoms. The molecule has 0 aromatic heterocycles. The Bertz CT molecular complexity index is 399. The molecule has 17 heavy (non-hydrogen) atoms. The van der Waals surface area contributed by atoms with E-state index in [1.54, 1.807) is 0 Å². The number of ether oxygens (including phenoxy) is 1. The predicted molar refractivity (Wildman–Crippen MR) is 53.0 cm³/mol. The molecule has 1 aromatic carbocycles. The zero-order chi connectivity index (χ0) is 12.5. The second-order valence-electron chi connectivity index (χ2n) is 3.79. The van der Waals surface area contributed by atoms with Crippen molar-refractivity contribution >= 4 is 0 Å². The van der Waals surface area contributed by atoms with Crippen LogP contribution in [0.3, 0.4) is 0 Å². The van der Waals surface area contributed by atoms with E-state index in [4.69, 9.17) is 4.74 Å². The van der Waals surface area contributed by atoms with Gasteiger partial charge >= 0.3 is 6.18 Å². The van der Waals surface area contributed by atoms with Gasteiger partial charge in [0.05, 0.1) is 24.8 Å². The van der Waals surface area contributed by atoms with E-state index in [1.165, 1.54) is 12.1 Å². The zero-order valence-corrected chi connectivity index (χ0v) is 8.85. The van der Waals surface area contributed by atoms with Gasteiger partial charge in [-0.05, 0) is 6.07 Å². The van der Waals surface area contributed by atoms with Crippen LogP contribution in [0.4, 0.5) is 17.6 Å². The molecule has 6 heteroatoms. The van der Waals surface area contributed by atoms with Gasteiger partial charge in [0.15, 0.2) is 0 Å². The number of hydrogen-bond acceptors (Lipinski definition) is 2. The fourth-order valence-corrected chi connectivity index (χ4v) is 1.80. The lowest BCUT2D eigenvalue weighted by molar-refractivity contribution is -0.140. The molecule has 1 heterocycles. The van der Waals surface area contributed by atoms with E-state index in [0.717, 1.165) is 6.07 Å². The van der Waals surface area contributed by atoms with Crippen LogP contribution in [0, 0.1) is 5.82 Å². The van der Waals surface area contributed by atoms with Gasteiger partial charge in [0.25, 0.3) is 0 Å². The van der Waals surface area contributed by atoms with E-state index in [1.807, 2.05) is 0 Å². The monoisotopic (exact) mass is 249 g/mol. The first-order valence-corrected chi connectivity index (χ1v) is 5.17. The third-order valence-corrected chi connectivity index (χ3v) is 2.63. The molecule has 1 N–H and O–H groups in total. The smallest absolute Gasteiger partial charge is 0.378 e. The maximum Gasteiger partial charge on any atom is 0.419 e. The van der Waals surface area contributed by atoms with E-state index >= 15 is 0 Å². The van der Waals surface area contributed by atoms with Gasteiger partial charge < -0.3 is 10.1 Å². The summed E-state index contributed by atoms with van der Waals surface area (Å²) in [5.74, 6) is -1.22. The Morgan fingerprint density at radius 1 is 1.29 bits per heavy atom. The second-order valence-corrected chi connectivity index (χ2v) is 3.79. The maximum atomic E-state index is 13.7. The van der Waals surface area contributed by atoms with E-state index < -0.39 is 23.6 Å². The molecule has 1 aromatic rings. The molecule has 1 saturated heterocycles.